The molecule has 2 aromatic carbocycles. The summed E-state index contributed by atoms with van der Waals surface area (Å²) in [5.74, 6) is -0.0801. The van der Waals surface area contributed by atoms with Crippen molar-refractivity contribution in [3.05, 3.63) is 53.1 Å². The smallest absolute Gasteiger partial charge is 0.337 e. The molecule has 3 N–H and O–H groups in total. The Labute approximate surface area is 111 Å². The Balaban J connectivity index is 2.35. The fourth-order valence-electron chi connectivity index (χ4n) is 1.72. The number of rotatable bonds is 3. The summed E-state index contributed by atoms with van der Waals surface area (Å²) in [4.78, 5) is 11.0. The van der Waals surface area contributed by atoms with Gasteiger partial charge in [-0.3, -0.25) is 0 Å². The zero-order valence-corrected chi connectivity index (χ0v) is 10.8. The van der Waals surface area contributed by atoms with Gasteiger partial charge in [0, 0.05) is 0 Å². The second kappa shape index (κ2) is 5.02. The number of carboxylic acids is 1. The molecule has 4 nitrogen and oxygen atoms in total. The maximum Gasteiger partial charge on any atom is 0.337 e. The van der Waals surface area contributed by atoms with Gasteiger partial charge in [-0.15, -0.1) is 0 Å². The highest BCUT2D eigenvalue weighted by atomic mass is 16.5. The second-order valence-corrected chi connectivity index (χ2v) is 4.37. The molecule has 0 aliphatic rings. The first kappa shape index (κ1) is 13.0. The third kappa shape index (κ3) is 2.68. The lowest BCUT2D eigenvalue weighted by molar-refractivity contribution is 0.0697. The molecule has 0 saturated heterocycles. The van der Waals surface area contributed by atoms with Crippen LogP contribution in [0.2, 0.25) is 0 Å². The minimum atomic E-state index is -1.07. The van der Waals surface area contributed by atoms with Crippen molar-refractivity contribution < 1.29 is 14.6 Å². The van der Waals surface area contributed by atoms with Gasteiger partial charge in [0.15, 0.2) is 5.75 Å². The van der Waals surface area contributed by atoms with Crippen LogP contribution in [-0.4, -0.2) is 11.1 Å². The lowest BCUT2D eigenvalue weighted by Crippen LogP contribution is -2.03. The van der Waals surface area contributed by atoms with Crippen molar-refractivity contribution >= 4 is 11.7 Å². The summed E-state index contributed by atoms with van der Waals surface area (Å²) >= 11 is 0. The van der Waals surface area contributed by atoms with Crippen molar-refractivity contribution in [2.24, 2.45) is 0 Å². The first-order chi connectivity index (χ1) is 8.99. The molecule has 0 aromatic heterocycles. The van der Waals surface area contributed by atoms with E-state index in [1.807, 2.05) is 32.0 Å². The minimum Gasteiger partial charge on any atom is -0.478 e. The molecule has 0 spiro atoms. The number of hydrogen-bond donors (Lipinski definition) is 2. The van der Waals surface area contributed by atoms with Crippen LogP contribution >= 0.6 is 0 Å². The quantitative estimate of drug-likeness (QED) is 0.827. The van der Waals surface area contributed by atoms with Gasteiger partial charge >= 0.3 is 5.97 Å². The second-order valence-electron chi connectivity index (χ2n) is 4.37. The summed E-state index contributed by atoms with van der Waals surface area (Å²) in [7, 11) is 0. The van der Waals surface area contributed by atoms with E-state index in [2.05, 4.69) is 0 Å². The van der Waals surface area contributed by atoms with Crippen LogP contribution in [0, 0.1) is 13.8 Å². The third-order valence-electron chi connectivity index (χ3n) is 3.00. The zero-order chi connectivity index (χ0) is 14.0. The molecule has 2 aromatic rings. The van der Waals surface area contributed by atoms with Crippen LogP contribution in [0.5, 0.6) is 11.5 Å². The van der Waals surface area contributed by atoms with E-state index in [1.54, 1.807) is 12.1 Å². The summed E-state index contributed by atoms with van der Waals surface area (Å²) in [6.45, 7) is 4.00. The highest BCUT2D eigenvalue weighted by Gasteiger charge is 2.12. The van der Waals surface area contributed by atoms with Gasteiger partial charge < -0.3 is 15.6 Å². The summed E-state index contributed by atoms with van der Waals surface area (Å²) in [5.41, 5.74) is 8.24. The Morgan fingerprint density at radius 1 is 1.16 bits per heavy atom. The summed E-state index contributed by atoms with van der Waals surface area (Å²) < 4.78 is 5.65. The first-order valence-electron chi connectivity index (χ1n) is 5.86. The van der Waals surface area contributed by atoms with Crippen molar-refractivity contribution in [1.82, 2.24) is 0 Å². The van der Waals surface area contributed by atoms with Gasteiger partial charge in [-0.25, -0.2) is 4.79 Å². The predicted molar refractivity (Wildman–Crippen MR) is 73.8 cm³/mol. The van der Waals surface area contributed by atoms with E-state index in [-0.39, 0.29) is 11.3 Å². The van der Waals surface area contributed by atoms with E-state index in [4.69, 9.17) is 15.6 Å². The van der Waals surface area contributed by atoms with E-state index in [1.165, 1.54) is 11.6 Å². The van der Waals surface area contributed by atoms with E-state index in [0.717, 1.165) is 5.56 Å². The molecule has 0 unspecified atom stereocenters. The van der Waals surface area contributed by atoms with Gasteiger partial charge in [0.05, 0.1) is 11.3 Å². The van der Waals surface area contributed by atoms with Crippen molar-refractivity contribution in [1.29, 1.82) is 0 Å². The molecule has 19 heavy (non-hydrogen) atoms. The van der Waals surface area contributed by atoms with Gasteiger partial charge in [0.2, 0.25) is 0 Å². The van der Waals surface area contributed by atoms with Crippen LogP contribution in [0.1, 0.15) is 21.5 Å². The number of anilines is 1. The van der Waals surface area contributed by atoms with E-state index < -0.39 is 5.97 Å². The number of hydrogen-bond acceptors (Lipinski definition) is 3. The van der Waals surface area contributed by atoms with E-state index >= 15 is 0 Å². The number of ether oxygens (including phenoxy) is 1. The Morgan fingerprint density at radius 2 is 1.89 bits per heavy atom. The van der Waals surface area contributed by atoms with Crippen molar-refractivity contribution in [2.75, 3.05) is 5.73 Å². The Bertz CT molecular complexity index is 635. The first-order valence-corrected chi connectivity index (χ1v) is 5.86. The third-order valence-corrected chi connectivity index (χ3v) is 3.00. The van der Waals surface area contributed by atoms with Crippen molar-refractivity contribution in [3.63, 3.8) is 0 Å². The van der Waals surface area contributed by atoms with Crippen LogP contribution in [0.25, 0.3) is 0 Å². The molecule has 0 aliphatic heterocycles. The maximum atomic E-state index is 11.0. The fourth-order valence-corrected chi connectivity index (χ4v) is 1.72. The summed E-state index contributed by atoms with van der Waals surface area (Å²) in [6.07, 6.45) is 0. The number of carbonyl (C=O) groups is 1. The highest BCUT2D eigenvalue weighted by molar-refractivity contribution is 5.95. The SMILES string of the molecule is Cc1ccc(Oc2cccc(C(=O)O)c2N)cc1C. The van der Waals surface area contributed by atoms with Crippen LogP contribution in [0.4, 0.5) is 5.69 Å². The van der Waals surface area contributed by atoms with Gasteiger partial charge in [-0.2, -0.15) is 0 Å². The van der Waals surface area contributed by atoms with Crippen molar-refractivity contribution in [2.45, 2.75) is 13.8 Å². The summed E-state index contributed by atoms with van der Waals surface area (Å²) in [6, 6.07) is 10.4. The number of para-hydroxylation sites is 1. The number of benzene rings is 2. The number of aryl methyl sites for hydroxylation is 2. The molecule has 0 radical (unpaired) electrons. The van der Waals surface area contributed by atoms with E-state index in [9.17, 15) is 4.79 Å². The molecular formula is C15H15NO3. The largest absolute Gasteiger partial charge is 0.478 e. The topological polar surface area (TPSA) is 72.5 Å². The molecule has 0 atom stereocenters. The molecular weight excluding hydrogens is 242 g/mol. The molecule has 0 fully saturated rings. The average molecular weight is 257 g/mol. The normalized spacial score (nSPS) is 10.2. The highest BCUT2D eigenvalue weighted by Crippen LogP contribution is 2.30. The molecule has 0 bridgehead atoms. The van der Waals surface area contributed by atoms with Crippen LogP contribution in [0.15, 0.2) is 36.4 Å². The van der Waals surface area contributed by atoms with Gasteiger partial charge in [0.1, 0.15) is 5.75 Å². The van der Waals surface area contributed by atoms with Crippen molar-refractivity contribution in [3.8, 4) is 11.5 Å². The minimum absolute atomic E-state index is 0.0429. The molecule has 98 valence electrons. The Kier molecular flexibility index (Phi) is 3.42. The van der Waals surface area contributed by atoms with E-state index in [0.29, 0.717) is 11.5 Å². The molecule has 0 saturated carbocycles. The van der Waals surface area contributed by atoms with Crippen LogP contribution in [-0.2, 0) is 0 Å². The zero-order valence-electron chi connectivity index (χ0n) is 10.8. The van der Waals surface area contributed by atoms with Gasteiger partial charge in [-0.05, 0) is 49.2 Å². The molecule has 0 heterocycles. The van der Waals surface area contributed by atoms with Crippen LogP contribution in [0.3, 0.4) is 0 Å². The average Bonchev–Trinajstić information content (AvgIpc) is 2.36. The number of nitrogen functional groups attached to an aromatic ring is 1. The lowest BCUT2D eigenvalue weighted by Gasteiger charge is -2.11. The summed E-state index contributed by atoms with van der Waals surface area (Å²) in [5, 5.41) is 9.00. The Hall–Kier alpha value is -2.49. The maximum absolute atomic E-state index is 11.0. The fraction of sp³-hybridized carbons (Fsp3) is 0.133. The van der Waals surface area contributed by atoms with Crippen LogP contribution < -0.4 is 10.5 Å². The molecule has 2 rings (SSSR count). The lowest BCUT2D eigenvalue weighted by atomic mass is 10.1. The number of aromatic carboxylic acids is 1. The molecule has 4 heteroatoms. The van der Waals surface area contributed by atoms with Gasteiger partial charge in [-0.1, -0.05) is 12.1 Å². The number of nitrogens with two attached hydrogens (primary N) is 1. The monoisotopic (exact) mass is 257 g/mol. The standard InChI is InChI=1S/C15H15NO3/c1-9-6-7-11(8-10(9)2)19-13-5-3-4-12(14(13)16)15(17)18/h3-8H,16H2,1-2H3,(H,17,18). The predicted octanol–water partition coefficient (Wildman–Crippen LogP) is 3.38. The Morgan fingerprint density at radius 3 is 2.53 bits per heavy atom. The van der Waals surface area contributed by atoms with Gasteiger partial charge in [0.25, 0.3) is 0 Å². The number of carboxylic acid groups (broad SMARTS) is 1. The molecule has 0 amide bonds. The molecule has 0 aliphatic carbocycles.